The zero-order chi connectivity index (χ0) is 10.3. The van der Waals surface area contributed by atoms with Crippen molar-refractivity contribution in [2.45, 2.75) is 44.9 Å². The smallest absolute Gasteiger partial charge is 0.220 e. The van der Waals surface area contributed by atoms with E-state index in [1.807, 2.05) is 0 Å². The summed E-state index contributed by atoms with van der Waals surface area (Å²) in [5.41, 5.74) is 0. The fourth-order valence-corrected chi connectivity index (χ4v) is 3.52. The molecule has 15 heavy (non-hydrogen) atoms. The third-order valence-corrected chi connectivity index (χ3v) is 4.62. The van der Waals surface area contributed by atoms with E-state index < -0.39 is 0 Å². The van der Waals surface area contributed by atoms with Crippen LogP contribution in [0.1, 0.15) is 44.9 Å². The third-order valence-electron chi connectivity index (χ3n) is 4.62. The number of hydrogen-bond donors (Lipinski definition) is 1. The molecule has 0 aromatic carbocycles. The van der Waals surface area contributed by atoms with Gasteiger partial charge in [0.25, 0.3) is 0 Å². The summed E-state index contributed by atoms with van der Waals surface area (Å²) < 4.78 is 0. The molecule has 0 radical (unpaired) electrons. The van der Waals surface area contributed by atoms with E-state index in [0.717, 1.165) is 36.6 Å². The molecule has 1 N–H and O–H groups in total. The van der Waals surface area contributed by atoms with Crippen LogP contribution < -0.4 is 5.32 Å². The van der Waals surface area contributed by atoms with Crippen LogP contribution in [-0.2, 0) is 4.79 Å². The third kappa shape index (κ3) is 2.19. The standard InChI is InChI=1S/C13H21NO/c15-13(14-8-9-1-2-9)7-12-6-10-3-4-11(12)5-10/h9-12H,1-8H2,(H,14,15)/t10-,11-,12+/m1/s1. The summed E-state index contributed by atoms with van der Waals surface area (Å²) in [4.78, 5) is 11.7. The largest absolute Gasteiger partial charge is 0.356 e. The quantitative estimate of drug-likeness (QED) is 0.753. The Bertz CT molecular complexity index is 259. The lowest BCUT2D eigenvalue weighted by molar-refractivity contribution is -0.122. The highest BCUT2D eigenvalue weighted by atomic mass is 16.1. The van der Waals surface area contributed by atoms with Crippen molar-refractivity contribution in [2.24, 2.45) is 23.7 Å². The molecule has 3 aliphatic rings. The number of amides is 1. The SMILES string of the molecule is O=C(C[C@@H]1C[C@@H]2CC[C@@H]1C2)NCC1CC1. The molecule has 0 heterocycles. The van der Waals surface area contributed by atoms with Crippen LogP contribution in [0.5, 0.6) is 0 Å². The van der Waals surface area contributed by atoms with Gasteiger partial charge in [-0.1, -0.05) is 6.42 Å². The first kappa shape index (κ1) is 9.68. The molecule has 0 spiro atoms. The van der Waals surface area contributed by atoms with Crippen LogP contribution in [-0.4, -0.2) is 12.5 Å². The average molecular weight is 207 g/mol. The van der Waals surface area contributed by atoms with Crippen LogP contribution in [0.3, 0.4) is 0 Å². The van der Waals surface area contributed by atoms with Gasteiger partial charge in [-0.05, 0) is 55.8 Å². The van der Waals surface area contributed by atoms with Crippen molar-refractivity contribution in [3.05, 3.63) is 0 Å². The first-order chi connectivity index (χ1) is 7.31. The van der Waals surface area contributed by atoms with Crippen molar-refractivity contribution in [1.29, 1.82) is 0 Å². The summed E-state index contributed by atoms with van der Waals surface area (Å²) in [6.07, 6.45) is 9.05. The van der Waals surface area contributed by atoms with Gasteiger partial charge in [0.15, 0.2) is 0 Å². The molecule has 2 heteroatoms. The lowest BCUT2D eigenvalue weighted by atomic mass is 9.86. The lowest BCUT2D eigenvalue weighted by Gasteiger charge is -2.20. The van der Waals surface area contributed by atoms with Crippen LogP contribution in [0.15, 0.2) is 0 Å². The number of hydrogen-bond acceptors (Lipinski definition) is 1. The minimum absolute atomic E-state index is 0.319. The Morgan fingerprint density at radius 3 is 2.60 bits per heavy atom. The van der Waals surface area contributed by atoms with Crippen molar-refractivity contribution in [1.82, 2.24) is 5.32 Å². The average Bonchev–Trinajstić information content (AvgIpc) is 2.84. The second kappa shape index (κ2) is 3.80. The molecule has 2 bridgehead atoms. The van der Waals surface area contributed by atoms with Gasteiger partial charge in [0, 0.05) is 13.0 Å². The zero-order valence-electron chi connectivity index (χ0n) is 9.37. The van der Waals surface area contributed by atoms with Gasteiger partial charge in [0.2, 0.25) is 5.91 Å². The minimum Gasteiger partial charge on any atom is -0.356 e. The molecule has 3 atom stereocenters. The van der Waals surface area contributed by atoms with E-state index in [2.05, 4.69) is 5.32 Å². The first-order valence-electron chi connectivity index (χ1n) is 6.58. The van der Waals surface area contributed by atoms with Gasteiger partial charge < -0.3 is 5.32 Å². The van der Waals surface area contributed by atoms with Crippen molar-refractivity contribution in [3.8, 4) is 0 Å². The van der Waals surface area contributed by atoms with E-state index in [4.69, 9.17) is 0 Å². The maximum Gasteiger partial charge on any atom is 0.220 e. The molecular formula is C13H21NO. The Balaban J connectivity index is 1.42. The Hall–Kier alpha value is -0.530. The van der Waals surface area contributed by atoms with Gasteiger partial charge in [0.1, 0.15) is 0 Å². The Morgan fingerprint density at radius 2 is 2.00 bits per heavy atom. The molecular weight excluding hydrogens is 186 g/mol. The number of carbonyl (C=O) groups is 1. The van der Waals surface area contributed by atoms with Crippen LogP contribution in [0.25, 0.3) is 0 Å². The van der Waals surface area contributed by atoms with E-state index in [9.17, 15) is 4.79 Å². The summed E-state index contributed by atoms with van der Waals surface area (Å²) in [5.74, 6) is 3.72. The minimum atomic E-state index is 0.319. The zero-order valence-corrected chi connectivity index (χ0v) is 9.37. The highest BCUT2D eigenvalue weighted by Crippen LogP contribution is 2.49. The van der Waals surface area contributed by atoms with Crippen LogP contribution in [0, 0.1) is 23.7 Å². The number of nitrogens with one attached hydrogen (secondary N) is 1. The molecule has 3 saturated carbocycles. The fourth-order valence-electron chi connectivity index (χ4n) is 3.52. The molecule has 0 aromatic rings. The molecule has 0 saturated heterocycles. The van der Waals surface area contributed by atoms with Gasteiger partial charge >= 0.3 is 0 Å². The van der Waals surface area contributed by atoms with E-state index in [-0.39, 0.29) is 0 Å². The fraction of sp³-hybridized carbons (Fsp3) is 0.923. The number of carbonyl (C=O) groups excluding carboxylic acids is 1. The van der Waals surface area contributed by atoms with Crippen molar-refractivity contribution in [3.63, 3.8) is 0 Å². The molecule has 3 aliphatic carbocycles. The summed E-state index contributed by atoms with van der Waals surface area (Å²) >= 11 is 0. The maximum atomic E-state index is 11.7. The van der Waals surface area contributed by atoms with Crippen LogP contribution in [0.4, 0.5) is 0 Å². The predicted octanol–water partition coefficient (Wildman–Crippen LogP) is 2.34. The normalized spacial score (nSPS) is 38.3. The highest BCUT2D eigenvalue weighted by molar-refractivity contribution is 5.76. The molecule has 1 amide bonds. The topological polar surface area (TPSA) is 29.1 Å². The number of fused-ring (bicyclic) bond motifs is 2. The lowest BCUT2D eigenvalue weighted by Crippen LogP contribution is -2.28. The van der Waals surface area contributed by atoms with Crippen molar-refractivity contribution >= 4 is 5.91 Å². The van der Waals surface area contributed by atoms with Crippen LogP contribution in [0.2, 0.25) is 0 Å². The maximum absolute atomic E-state index is 11.7. The van der Waals surface area contributed by atoms with Crippen LogP contribution >= 0.6 is 0 Å². The van der Waals surface area contributed by atoms with E-state index in [0.29, 0.717) is 5.91 Å². The Labute approximate surface area is 91.8 Å². The second-order valence-corrected chi connectivity index (χ2v) is 5.89. The molecule has 0 aliphatic heterocycles. The molecule has 3 fully saturated rings. The monoisotopic (exact) mass is 207 g/mol. The highest BCUT2D eigenvalue weighted by Gasteiger charge is 2.40. The Morgan fingerprint density at radius 1 is 1.13 bits per heavy atom. The predicted molar refractivity (Wildman–Crippen MR) is 59.3 cm³/mol. The molecule has 2 nitrogen and oxygen atoms in total. The van der Waals surface area contributed by atoms with Gasteiger partial charge in [-0.15, -0.1) is 0 Å². The first-order valence-corrected chi connectivity index (χ1v) is 6.58. The van der Waals surface area contributed by atoms with E-state index in [1.165, 1.54) is 38.5 Å². The van der Waals surface area contributed by atoms with Gasteiger partial charge in [0.05, 0.1) is 0 Å². The summed E-state index contributed by atoms with van der Waals surface area (Å²) in [6.45, 7) is 0.944. The van der Waals surface area contributed by atoms with E-state index in [1.54, 1.807) is 0 Å². The van der Waals surface area contributed by atoms with Crippen molar-refractivity contribution < 1.29 is 4.79 Å². The van der Waals surface area contributed by atoms with Gasteiger partial charge in [-0.2, -0.15) is 0 Å². The molecule has 0 unspecified atom stereocenters. The number of rotatable bonds is 4. The summed E-state index contributed by atoms with van der Waals surface area (Å²) in [6, 6.07) is 0. The summed E-state index contributed by atoms with van der Waals surface area (Å²) in [5, 5.41) is 3.09. The summed E-state index contributed by atoms with van der Waals surface area (Å²) in [7, 11) is 0. The van der Waals surface area contributed by atoms with E-state index >= 15 is 0 Å². The van der Waals surface area contributed by atoms with Crippen molar-refractivity contribution in [2.75, 3.05) is 6.54 Å². The Kier molecular flexibility index (Phi) is 2.45. The molecule has 3 rings (SSSR count). The molecule has 0 aromatic heterocycles. The van der Waals surface area contributed by atoms with Gasteiger partial charge in [-0.3, -0.25) is 4.79 Å². The second-order valence-electron chi connectivity index (χ2n) is 5.89. The van der Waals surface area contributed by atoms with Gasteiger partial charge in [-0.25, -0.2) is 0 Å². The molecule has 84 valence electrons.